The molecule has 0 saturated heterocycles. The Hall–Kier alpha value is -6.12. The predicted molar refractivity (Wildman–Crippen MR) is 195 cm³/mol. The van der Waals surface area contributed by atoms with Crippen LogP contribution in [0.5, 0.6) is 0 Å². The van der Waals surface area contributed by atoms with Gasteiger partial charge in [0.1, 0.15) is 0 Å². The zero-order chi connectivity index (χ0) is 31.2. The van der Waals surface area contributed by atoms with Gasteiger partial charge in [0, 0.05) is 17.1 Å². The minimum atomic E-state index is 0.739. The van der Waals surface area contributed by atoms with Gasteiger partial charge < -0.3 is 0 Å². The van der Waals surface area contributed by atoms with Gasteiger partial charge in [0.25, 0.3) is 0 Å². The highest BCUT2D eigenvalue weighted by atomic mass is 14.9. The standard InChI is InChI=1S/C45H30N2/c1-3-10-30(11-4-1)31-20-22-33(23-21-31)36-14-7-17-39-40-18-8-15-37(42(40)28-41(36)39)34-24-26-35(27-25-34)45-46-29-43-38(16-9-19-44(43)47-45)32-12-5-2-6-13-32/h1-27,29H,28H2. The van der Waals surface area contributed by atoms with E-state index in [1.807, 2.05) is 12.3 Å². The zero-order valence-corrected chi connectivity index (χ0v) is 25.8. The normalized spacial score (nSPS) is 11.7. The van der Waals surface area contributed by atoms with Gasteiger partial charge in [-0.2, -0.15) is 0 Å². The van der Waals surface area contributed by atoms with Gasteiger partial charge in [0.15, 0.2) is 5.82 Å². The fraction of sp³-hybridized carbons (Fsp3) is 0.0222. The van der Waals surface area contributed by atoms with Crippen LogP contribution in [0.15, 0.2) is 170 Å². The highest BCUT2D eigenvalue weighted by Gasteiger charge is 2.24. The Morgan fingerprint density at radius 1 is 0.340 bits per heavy atom. The summed E-state index contributed by atoms with van der Waals surface area (Å²) in [4.78, 5) is 9.77. The number of rotatable bonds is 5. The molecule has 0 amide bonds. The van der Waals surface area contributed by atoms with E-state index in [1.165, 1.54) is 61.2 Å². The van der Waals surface area contributed by atoms with E-state index in [0.717, 1.165) is 34.3 Å². The molecule has 0 N–H and O–H groups in total. The van der Waals surface area contributed by atoms with Crippen molar-refractivity contribution < 1.29 is 0 Å². The van der Waals surface area contributed by atoms with Crippen LogP contribution in [0.2, 0.25) is 0 Å². The Kier molecular flexibility index (Phi) is 6.57. The predicted octanol–water partition coefficient (Wildman–Crippen LogP) is 11.5. The van der Waals surface area contributed by atoms with Gasteiger partial charge in [-0.15, -0.1) is 0 Å². The fourth-order valence-electron chi connectivity index (χ4n) is 7.11. The summed E-state index contributed by atoms with van der Waals surface area (Å²) in [5.41, 5.74) is 17.3. The lowest BCUT2D eigenvalue weighted by molar-refractivity contribution is 1.23. The molecular weight excluding hydrogens is 569 g/mol. The second-order valence-electron chi connectivity index (χ2n) is 12.2. The van der Waals surface area contributed by atoms with Crippen molar-refractivity contribution in [2.24, 2.45) is 0 Å². The summed E-state index contributed by atoms with van der Waals surface area (Å²) in [5, 5.41) is 1.06. The first-order chi connectivity index (χ1) is 23.3. The van der Waals surface area contributed by atoms with Gasteiger partial charge in [-0.25, -0.2) is 9.97 Å². The number of aromatic nitrogens is 2. The second kappa shape index (κ2) is 11.3. The molecule has 9 rings (SSSR count). The SMILES string of the molecule is c1ccc(-c2ccc(-c3cccc4c3Cc3c(-c5ccc(-c6ncc7c(-c8ccccc8)cccc7n6)cc5)cccc3-4)cc2)cc1. The van der Waals surface area contributed by atoms with E-state index in [1.54, 1.807) is 0 Å². The quantitative estimate of drug-likeness (QED) is 0.197. The van der Waals surface area contributed by atoms with Crippen molar-refractivity contribution in [2.45, 2.75) is 6.42 Å². The fourth-order valence-corrected chi connectivity index (χ4v) is 7.11. The largest absolute Gasteiger partial charge is 0.236 e. The van der Waals surface area contributed by atoms with E-state index in [4.69, 9.17) is 9.97 Å². The molecule has 47 heavy (non-hydrogen) atoms. The molecule has 7 aromatic carbocycles. The van der Waals surface area contributed by atoms with Crippen LogP contribution in [0.1, 0.15) is 11.1 Å². The van der Waals surface area contributed by atoms with Crippen LogP contribution in [0.3, 0.4) is 0 Å². The van der Waals surface area contributed by atoms with Crippen LogP contribution < -0.4 is 0 Å². The zero-order valence-electron chi connectivity index (χ0n) is 25.8. The van der Waals surface area contributed by atoms with Crippen molar-refractivity contribution in [3.63, 3.8) is 0 Å². The summed E-state index contributed by atoms with van der Waals surface area (Å²) in [6.07, 6.45) is 2.87. The molecule has 8 aromatic rings. The summed E-state index contributed by atoms with van der Waals surface area (Å²) in [6.45, 7) is 0. The average Bonchev–Trinajstić information content (AvgIpc) is 3.55. The topological polar surface area (TPSA) is 25.8 Å². The molecule has 0 saturated carbocycles. The Morgan fingerprint density at radius 3 is 1.40 bits per heavy atom. The van der Waals surface area contributed by atoms with Gasteiger partial charge in [-0.05, 0) is 79.2 Å². The van der Waals surface area contributed by atoms with E-state index in [0.29, 0.717) is 0 Å². The maximum absolute atomic E-state index is 4.97. The third-order valence-electron chi connectivity index (χ3n) is 9.46. The number of fused-ring (bicyclic) bond motifs is 4. The Bertz CT molecular complexity index is 2390. The third-order valence-corrected chi connectivity index (χ3v) is 9.46. The molecule has 0 spiro atoms. The van der Waals surface area contributed by atoms with Crippen molar-refractivity contribution in [1.29, 1.82) is 0 Å². The van der Waals surface area contributed by atoms with Gasteiger partial charge in [0.2, 0.25) is 0 Å². The summed E-state index contributed by atoms with van der Waals surface area (Å²) in [6, 6.07) is 58.5. The molecule has 0 atom stereocenters. The smallest absolute Gasteiger partial charge is 0.159 e. The second-order valence-corrected chi connectivity index (χ2v) is 12.2. The monoisotopic (exact) mass is 598 g/mol. The Labute approximate surface area is 274 Å². The first-order valence-corrected chi connectivity index (χ1v) is 16.1. The molecule has 0 aliphatic heterocycles. The summed E-state index contributed by atoms with van der Waals surface area (Å²) >= 11 is 0. The van der Waals surface area contributed by atoms with Gasteiger partial charge in [0.05, 0.1) is 5.52 Å². The number of benzene rings is 7. The van der Waals surface area contributed by atoms with Gasteiger partial charge in [-0.3, -0.25) is 0 Å². The van der Waals surface area contributed by atoms with Crippen LogP contribution in [-0.4, -0.2) is 9.97 Å². The minimum absolute atomic E-state index is 0.739. The van der Waals surface area contributed by atoms with Crippen LogP contribution in [-0.2, 0) is 6.42 Å². The molecule has 0 fully saturated rings. The molecule has 220 valence electrons. The lowest BCUT2D eigenvalue weighted by Crippen LogP contribution is -1.93. The molecule has 1 aliphatic carbocycles. The van der Waals surface area contributed by atoms with Crippen LogP contribution in [0.4, 0.5) is 0 Å². The van der Waals surface area contributed by atoms with Crippen molar-refractivity contribution in [3.05, 3.63) is 181 Å². The lowest BCUT2D eigenvalue weighted by atomic mass is 9.94. The molecule has 1 heterocycles. The first kappa shape index (κ1) is 27.2. The van der Waals surface area contributed by atoms with E-state index in [-0.39, 0.29) is 0 Å². The number of hydrogen-bond donors (Lipinski definition) is 0. The summed E-state index contributed by atoms with van der Waals surface area (Å²) in [7, 11) is 0. The summed E-state index contributed by atoms with van der Waals surface area (Å²) in [5.74, 6) is 0.739. The maximum atomic E-state index is 4.97. The molecule has 0 unspecified atom stereocenters. The molecule has 0 bridgehead atoms. The van der Waals surface area contributed by atoms with Crippen LogP contribution in [0.25, 0.3) is 77.9 Å². The van der Waals surface area contributed by atoms with E-state index in [9.17, 15) is 0 Å². The molecule has 2 nitrogen and oxygen atoms in total. The Balaban J connectivity index is 1.02. The van der Waals surface area contributed by atoms with Crippen molar-refractivity contribution in [2.75, 3.05) is 0 Å². The van der Waals surface area contributed by atoms with Crippen LogP contribution >= 0.6 is 0 Å². The van der Waals surface area contributed by atoms with Crippen molar-refractivity contribution >= 4 is 10.9 Å². The number of hydrogen-bond acceptors (Lipinski definition) is 2. The summed E-state index contributed by atoms with van der Waals surface area (Å²) < 4.78 is 0. The minimum Gasteiger partial charge on any atom is -0.236 e. The molecular formula is C45H30N2. The van der Waals surface area contributed by atoms with Crippen LogP contribution in [0, 0.1) is 0 Å². The molecule has 0 radical (unpaired) electrons. The highest BCUT2D eigenvalue weighted by Crippen LogP contribution is 2.45. The molecule has 2 heteroatoms. The molecule has 1 aliphatic rings. The van der Waals surface area contributed by atoms with Crippen molar-refractivity contribution in [3.8, 4) is 67.0 Å². The lowest BCUT2D eigenvalue weighted by Gasteiger charge is -2.11. The first-order valence-electron chi connectivity index (χ1n) is 16.1. The maximum Gasteiger partial charge on any atom is 0.159 e. The Morgan fingerprint density at radius 2 is 0.787 bits per heavy atom. The van der Waals surface area contributed by atoms with Crippen molar-refractivity contribution in [1.82, 2.24) is 9.97 Å². The highest BCUT2D eigenvalue weighted by molar-refractivity contribution is 5.95. The van der Waals surface area contributed by atoms with E-state index in [2.05, 4.69) is 158 Å². The third kappa shape index (κ3) is 4.83. The number of nitrogens with zero attached hydrogens (tertiary/aromatic N) is 2. The average molecular weight is 599 g/mol. The van der Waals surface area contributed by atoms with Gasteiger partial charge >= 0.3 is 0 Å². The molecule has 1 aromatic heterocycles. The van der Waals surface area contributed by atoms with E-state index < -0.39 is 0 Å². The van der Waals surface area contributed by atoms with E-state index >= 15 is 0 Å². The van der Waals surface area contributed by atoms with Gasteiger partial charge in [-0.1, -0.05) is 158 Å².